The van der Waals surface area contributed by atoms with Crippen molar-refractivity contribution in [3.63, 3.8) is 0 Å². The normalized spacial score (nSPS) is 16.2. The summed E-state index contributed by atoms with van der Waals surface area (Å²) in [7, 11) is 8.63. The molecule has 13 nitrogen and oxygen atoms in total. The molecule has 13 heteroatoms. The molecule has 2 aliphatic rings. The standard InChI is InChI=1S/C28H48N8O5/c1-37-18-14-35(15-19-38-2)27-30-24-23(25(31-27)33-10-6-7-11-33)29-28(36(16-20-39-3)17-21-40-4)32-26(24)34-12-8-22(41-5)9-13-34/h22H,6-21H2,1-5H3. The smallest absolute Gasteiger partial charge is 0.228 e. The lowest BCUT2D eigenvalue weighted by Crippen LogP contribution is -2.38. The zero-order chi connectivity index (χ0) is 29.0. The summed E-state index contributed by atoms with van der Waals surface area (Å²) >= 11 is 0. The number of ether oxygens (including phenoxy) is 5. The van der Waals surface area contributed by atoms with Gasteiger partial charge in [0.25, 0.3) is 0 Å². The second-order valence-electron chi connectivity index (χ2n) is 10.5. The number of fused-ring (bicyclic) bond motifs is 1. The molecule has 0 N–H and O–H groups in total. The molecule has 2 saturated heterocycles. The van der Waals surface area contributed by atoms with Crippen molar-refractivity contribution in [1.29, 1.82) is 0 Å². The molecule has 2 aliphatic heterocycles. The minimum absolute atomic E-state index is 0.252. The number of methoxy groups -OCH3 is 5. The largest absolute Gasteiger partial charge is 0.383 e. The minimum atomic E-state index is 0.252. The van der Waals surface area contributed by atoms with Crippen LogP contribution < -0.4 is 19.6 Å². The minimum Gasteiger partial charge on any atom is -0.383 e. The van der Waals surface area contributed by atoms with E-state index in [4.69, 9.17) is 43.6 Å². The Morgan fingerprint density at radius 1 is 0.585 bits per heavy atom. The Kier molecular flexibility index (Phi) is 12.4. The van der Waals surface area contributed by atoms with Gasteiger partial charge in [-0.25, -0.2) is 9.97 Å². The first-order chi connectivity index (χ1) is 20.1. The lowest BCUT2D eigenvalue weighted by atomic mass is 10.1. The lowest BCUT2D eigenvalue weighted by molar-refractivity contribution is 0.0818. The van der Waals surface area contributed by atoms with Crippen LogP contribution in [0.1, 0.15) is 25.7 Å². The molecule has 4 rings (SSSR count). The van der Waals surface area contributed by atoms with Crippen molar-refractivity contribution in [2.24, 2.45) is 0 Å². The van der Waals surface area contributed by atoms with Crippen LogP contribution in [0, 0.1) is 0 Å². The van der Waals surface area contributed by atoms with Gasteiger partial charge in [0.2, 0.25) is 11.9 Å². The highest BCUT2D eigenvalue weighted by molar-refractivity contribution is 5.95. The van der Waals surface area contributed by atoms with Crippen LogP contribution in [-0.4, -0.2) is 140 Å². The van der Waals surface area contributed by atoms with Crippen molar-refractivity contribution in [3.05, 3.63) is 0 Å². The van der Waals surface area contributed by atoms with Gasteiger partial charge in [0.15, 0.2) is 11.6 Å². The summed E-state index contributed by atoms with van der Waals surface area (Å²) in [6, 6.07) is 0. The fourth-order valence-electron chi connectivity index (χ4n) is 5.35. The van der Waals surface area contributed by atoms with Crippen molar-refractivity contribution >= 4 is 34.6 Å². The first-order valence-electron chi connectivity index (χ1n) is 14.7. The third-order valence-corrected chi connectivity index (χ3v) is 7.79. The predicted octanol–water partition coefficient (Wildman–Crippen LogP) is 1.83. The summed E-state index contributed by atoms with van der Waals surface area (Å²) in [6.45, 7) is 8.37. The van der Waals surface area contributed by atoms with Crippen LogP contribution >= 0.6 is 0 Å². The molecular formula is C28H48N8O5. The van der Waals surface area contributed by atoms with Crippen LogP contribution in [0.3, 0.4) is 0 Å². The quantitative estimate of drug-likeness (QED) is 0.273. The van der Waals surface area contributed by atoms with Crippen molar-refractivity contribution in [3.8, 4) is 0 Å². The number of aromatic nitrogens is 4. The van der Waals surface area contributed by atoms with Crippen LogP contribution in [0.15, 0.2) is 0 Å². The number of hydrogen-bond donors (Lipinski definition) is 0. The van der Waals surface area contributed by atoms with E-state index in [1.807, 2.05) is 0 Å². The average molecular weight is 577 g/mol. The van der Waals surface area contributed by atoms with E-state index < -0.39 is 0 Å². The monoisotopic (exact) mass is 576 g/mol. The van der Waals surface area contributed by atoms with Crippen molar-refractivity contribution < 1.29 is 23.7 Å². The second-order valence-corrected chi connectivity index (χ2v) is 10.5. The number of nitrogens with zero attached hydrogens (tertiary/aromatic N) is 8. The Balaban J connectivity index is 1.89. The van der Waals surface area contributed by atoms with Gasteiger partial charge in [-0.15, -0.1) is 0 Å². The van der Waals surface area contributed by atoms with Gasteiger partial charge >= 0.3 is 0 Å². The van der Waals surface area contributed by atoms with Gasteiger partial charge in [-0.2, -0.15) is 9.97 Å². The van der Waals surface area contributed by atoms with E-state index in [1.54, 1.807) is 35.5 Å². The molecule has 2 fully saturated rings. The molecule has 0 atom stereocenters. The van der Waals surface area contributed by atoms with E-state index in [-0.39, 0.29) is 6.10 Å². The Morgan fingerprint density at radius 3 is 1.34 bits per heavy atom. The van der Waals surface area contributed by atoms with Crippen molar-refractivity contribution in [1.82, 2.24) is 19.9 Å². The zero-order valence-corrected chi connectivity index (χ0v) is 25.5. The maximum Gasteiger partial charge on any atom is 0.228 e. The molecule has 0 bridgehead atoms. The van der Waals surface area contributed by atoms with Gasteiger partial charge in [-0.1, -0.05) is 0 Å². The molecule has 2 aromatic rings. The molecule has 0 radical (unpaired) electrons. The Hall–Kier alpha value is -2.58. The van der Waals surface area contributed by atoms with E-state index in [2.05, 4.69) is 19.6 Å². The molecule has 2 aromatic heterocycles. The van der Waals surface area contributed by atoms with Gasteiger partial charge < -0.3 is 43.3 Å². The van der Waals surface area contributed by atoms with E-state index in [9.17, 15) is 0 Å². The zero-order valence-electron chi connectivity index (χ0n) is 25.5. The van der Waals surface area contributed by atoms with Crippen molar-refractivity contribution in [2.45, 2.75) is 31.8 Å². The summed E-state index contributed by atoms with van der Waals surface area (Å²) in [4.78, 5) is 29.6. The summed E-state index contributed by atoms with van der Waals surface area (Å²) < 4.78 is 27.3. The molecule has 41 heavy (non-hydrogen) atoms. The van der Waals surface area contributed by atoms with E-state index in [0.717, 1.165) is 74.5 Å². The van der Waals surface area contributed by atoms with E-state index >= 15 is 0 Å². The Bertz CT molecular complexity index is 1050. The van der Waals surface area contributed by atoms with Gasteiger partial charge in [0, 0.05) is 87.9 Å². The van der Waals surface area contributed by atoms with Crippen LogP contribution in [0.25, 0.3) is 11.0 Å². The van der Waals surface area contributed by atoms with Gasteiger partial charge in [-0.05, 0) is 25.7 Å². The van der Waals surface area contributed by atoms with Gasteiger partial charge in [0.05, 0.1) is 32.5 Å². The highest BCUT2D eigenvalue weighted by Gasteiger charge is 2.29. The lowest BCUT2D eigenvalue weighted by Gasteiger charge is -2.34. The molecule has 4 heterocycles. The highest BCUT2D eigenvalue weighted by Crippen LogP contribution is 2.35. The molecular weight excluding hydrogens is 528 g/mol. The van der Waals surface area contributed by atoms with Crippen LogP contribution in [0.2, 0.25) is 0 Å². The summed E-state index contributed by atoms with van der Waals surface area (Å²) in [5, 5.41) is 0. The topological polar surface area (TPSA) is 111 Å². The molecule has 0 spiro atoms. The van der Waals surface area contributed by atoms with E-state index in [1.165, 1.54) is 0 Å². The molecule has 0 unspecified atom stereocenters. The van der Waals surface area contributed by atoms with E-state index in [0.29, 0.717) is 64.5 Å². The van der Waals surface area contributed by atoms with Gasteiger partial charge in [0.1, 0.15) is 11.0 Å². The van der Waals surface area contributed by atoms with Crippen LogP contribution in [0.4, 0.5) is 23.5 Å². The summed E-state index contributed by atoms with van der Waals surface area (Å²) in [5.74, 6) is 2.98. The third kappa shape index (κ3) is 8.04. The Morgan fingerprint density at radius 2 is 0.976 bits per heavy atom. The summed E-state index contributed by atoms with van der Waals surface area (Å²) in [5.41, 5.74) is 1.55. The average Bonchev–Trinajstić information content (AvgIpc) is 3.55. The third-order valence-electron chi connectivity index (χ3n) is 7.79. The number of rotatable bonds is 17. The fraction of sp³-hybridized carbons (Fsp3) is 0.786. The maximum absolute atomic E-state index is 5.67. The Labute approximate surface area is 244 Å². The number of piperidine rings is 1. The van der Waals surface area contributed by atoms with Gasteiger partial charge in [-0.3, -0.25) is 0 Å². The number of hydrogen-bond acceptors (Lipinski definition) is 13. The van der Waals surface area contributed by atoms with Crippen LogP contribution in [0.5, 0.6) is 0 Å². The summed E-state index contributed by atoms with van der Waals surface area (Å²) in [6.07, 6.45) is 4.36. The van der Waals surface area contributed by atoms with Crippen LogP contribution in [-0.2, 0) is 23.7 Å². The molecule has 0 aromatic carbocycles. The SMILES string of the molecule is COCCN(CCOC)c1nc(N2CCC(OC)CC2)c2nc(N(CCOC)CCOC)nc(N3CCCC3)c2n1. The first kappa shape index (κ1) is 31.4. The predicted molar refractivity (Wildman–Crippen MR) is 161 cm³/mol. The van der Waals surface area contributed by atoms with Crippen molar-refractivity contribution in [2.75, 3.05) is 134 Å². The first-order valence-corrected chi connectivity index (χ1v) is 14.7. The maximum atomic E-state index is 5.67. The molecule has 230 valence electrons. The second kappa shape index (κ2) is 16.2. The molecule has 0 amide bonds. The number of anilines is 4. The highest BCUT2D eigenvalue weighted by atomic mass is 16.5. The fourth-order valence-corrected chi connectivity index (χ4v) is 5.35. The molecule has 0 aliphatic carbocycles. The molecule has 0 saturated carbocycles.